The number of carbonyl (C=O) groups is 4. The minimum absolute atomic E-state index is 0.0569. The Bertz CT molecular complexity index is 1180. The van der Waals surface area contributed by atoms with Gasteiger partial charge in [0.25, 0.3) is 11.8 Å². The number of nitrogen functional groups attached to an aromatic ring is 1. The Labute approximate surface area is 228 Å². The van der Waals surface area contributed by atoms with Crippen molar-refractivity contribution in [3.63, 3.8) is 0 Å². The van der Waals surface area contributed by atoms with Gasteiger partial charge in [0, 0.05) is 11.1 Å². The molecule has 0 spiro atoms. The second-order valence-electron chi connectivity index (χ2n) is 9.35. The SMILES string of the molecule is CCC/C=C\C1=C(C(=O)OCOC(=O)C(C)(C)C)N2C(=O)[C@@H](NC(=O)/C(=N\OC)c3csc(N)n3)[C@H]2SC1. The lowest BCUT2D eigenvalue weighted by Crippen LogP contribution is -2.71. The van der Waals surface area contributed by atoms with E-state index in [-0.39, 0.29) is 22.2 Å². The van der Waals surface area contributed by atoms with Gasteiger partial charge in [0.05, 0.1) is 5.41 Å². The highest BCUT2D eigenvalue weighted by Crippen LogP contribution is 2.41. The molecule has 0 saturated carbocycles. The number of fused-ring (bicyclic) bond motifs is 1. The normalized spacial score (nSPS) is 19.7. The number of amides is 2. The summed E-state index contributed by atoms with van der Waals surface area (Å²) in [7, 11) is 1.28. The topological polar surface area (TPSA) is 163 Å². The molecule has 206 valence electrons. The molecule has 2 aliphatic heterocycles. The predicted molar refractivity (Wildman–Crippen MR) is 143 cm³/mol. The molecule has 0 bridgehead atoms. The first-order valence-corrected chi connectivity index (χ1v) is 13.7. The largest absolute Gasteiger partial charge is 0.427 e. The number of thiazole rings is 1. The van der Waals surface area contributed by atoms with Crippen LogP contribution < -0.4 is 11.1 Å². The zero-order chi connectivity index (χ0) is 28.0. The summed E-state index contributed by atoms with van der Waals surface area (Å²) in [6.45, 7) is 6.48. The Balaban J connectivity index is 1.77. The van der Waals surface area contributed by atoms with E-state index in [4.69, 9.17) is 20.0 Å². The number of β-lactam (4-membered cyclic amide) rings is 1. The summed E-state index contributed by atoms with van der Waals surface area (Å²) in [5, 5.41) is 7.64. The van der Waals surface area contributed by atoms with Gasteiger partial charge in [0.2, 0.25) is 6.79 Å². The molecule has 0 aliphatic carbocycles. The van der Waals surface area contributed by atoms with Crippen LogP contribution in [0.4, 0.5) is 5.13 Å². The third-order valence-corrected chi connectivity index (χ3v) is 7.38. The molecule has 2 aliphatic rings. The van der Waals surface area contributed by atoms with Crippen LogP contribution in [0, 0.1) is 5.41 Å². The number of aromatic nitrogens is 1. The van der Waals surface area contributed by atoms with E-state index in [1.807, 2.05) is 13.0 Å². The maximum atomic E-state index is 13.2. The van der Waals surface area contributed by atoms with Gasteiger partial charge >= 0.3 is 11.9 Å². The number of hydrogen-bond donors (Lipinski definition) is 2. The molecule has 12 nitrogen and oxygen atoms in total. The first kappa shape index (κ1) is 29.2. The van der Waals surface area contributed by atoms with Crippen LogP contribution in [0.3, 0.4) is 0 Å². The van der Waals surface area contributed by atoms with Crippen LogP contribution in [0.25, 0.3) is 0 Å². The number of nitrogens with one attached hydrogen (secondary N) is 1. The average Bonchev–Trinajstić information content (AvgIpc) is 3.30. The highest BCUT2D eigenvalue weighted by Gasteiger charge is 2.54. The molecule has 2 amide bonds. The van der Waals surface area contributed by atoms with Gasteiger partial charge in [-0.3, -0.25) is 19.3 Å². The third kappa shape index (κ3) is 6.54. The van der Waals surface area contributed by atoms with Crippen LogP contribution in [-0.2, 0) is 33.5 Å². The van der Waals surface area contributed by atoms with E-state index in [1.54, 1.807) is 32.2 Å². The van der Waals surface area contributed by atoms with Crippen LogP contribution in [0.1, 0.15) is 46.2 Å². The summed E-state index contributed by atoms with van der Waals surface area (Å²) < 4.78 is 10.3. The second-order valence-corrected chi connectivity index (χ2v) is 11.3. The van der Waals surface area contributed by atoms with Crippen LogP contribution in [-0.4, -0.2) is 70.4 Å². The van der Waals surface area contributed by atoms with E-state index in [0.717, 1.165) is 24.2 Å². The number of unbranched alkanes of at least 4 members (excludes halogenated alkanes) is 1. The minimum Gasteiger partial charge on any atom is -0.427 e. The number of esters is 2. The molecule has 0 aromatic carbocycles. The van der Waals surface area contributed by atoms with Gasteiger partial charge in [-0.25, -0.2) is 9.78 Å². The van der Waals surface area contributed by atoms with Crippen LogP contribution >= 0.6 is 23.1 Å². The number of hydrogen-bond acceptors (Lipinski definition) is 12. The molecule has 1 aromatic rings. The fourth-order valence-corrected chi connectivity index (χ4v) is 5.34. The van der Waals surface area contributed by atoms with E-state index in [0.29, 0.717) is 11.3 Å². The van der Waals surface area contributed by atoms with Gasteiger partial charge < -0.3 is 25.4 Å². The Kier molecular flexibility index (Phi) is 9.55. The van der Waals surface area contributed by atoms with E-state index in [2.05, 4.69) is 15.5 Å². The van der Waals surface area contributed by atoms with Crippen LogP contribution in [0.5, 0.6) is 0 Å². The lowest BCUT2D eigenvalue weighted by Gasteiger charge is -2.49. The summed E-state index contributed by atoms with van der Waals surface area (Å²) in [5.74, 6) is -2.10. The van der Waals surface area contributed by atoms with Crippen molar-refractivity contribution >= 4 is 57.7 Å². The van der Waals surface area contributed by atoms with Crippen molar-refractivity contribution in [2.24, 2.45) is 10.6 Å². The number of thioether (sulfide) groups is 1. The average molecular weight is 566 g/mol. The lowest BCUT2D eigenvalue weighted by molar-refractivity contribution is -0.173. The Morgan fingerprint density at radius 3 is 2.66 bits per heavy atom. The highest BCUT2D eigenvalue weighted by atomic mass is 32.2. The first-order valence-electron chi connectivity index (χ1n) is 11.8. The first-order chi connectivity index (χ1) is 18.0. The number of nitrogens with zero attached hydrogens (tertiary/aromatic N) is 3. The van der Waals surface area contributed by atoms with Gasteiger partial charge in [0.1, 0.15) is 29.9 Å². The summed E-state index contributed by atoms with van der Waals surface area (Å²) in [6.07, 6.45) is 5.41. The molecule has 1 saturated heterocycles. The van der Waals surface area contributed by atoms with Crippen molar-refractivity contribution in [2.75, 3.05) is 25.4 Å². The van der Waals surface area contributed by atoms with Gasteiger partial charge in [-0.1, -0.05) is 30.7 Å². The number of anilines is 1. The smallest absolute Gasteiger partial charge is 0.358 e. The van der Waals surface area contributed by atoms with E-state index in [1.165, 1.54) is 23.8 Å². The van der Waals surface area contributed by atoms with Crippen molar-refractivity contribution in [2.45, 2.75) is 52.0 Å². The number of carbonyl (C=O) groups excluding carboxylic acids is 4. The third-order valence-electron chi connectivity index (χ3n) is 5.41. The number of nitrogens with two attached hydrogens (primary N) is 1. The molecule has 3 rings (SSSR count). The number of oxime groups is 1. The Morgan fingerprint density at radius 2 is 2.05 bits per heavy atom. The fourth-order valence-electron chi connectivity index (χ4n) is 3.48. The van der Waals surface area contributed by atoms with E-state index in [9.17, 15) is 19.2 Å². The summed E-state index contributed by atoms with van der Waals surface area (Å²) in [4.78, 5) is 61.4. The molecular weight excluding hydrogens is 534 g/mol. The summed E-state index contributed by atoms with van der Waals surface area (Å²) >= 11 is 2.52. The second kappa shape index (κ2) is 12.4. The standard InChI is InChI=1S/C24H31N5O7S2/c1-6-7-8-9-13-10-37-20-16(27-18(30)15(28-34-5)14-11-38-23(25)26-14)19(31)29(20)17(13)21(32)35-12-36-22(33)24(2,3)4/h8-9,11,16,20H,6-7,10,12H2,1-5H3,(H2,25,26)(H,27,30)/b9-8-,28-15-/t16-,20-/m1/s1. The van der Waals surface area contributed by atoms with Crippen LogP contribution in [0.2, 0.25) is 0 Å². The quantitative estimate of drug-likeness (QED) is 0.141. The molecule has 2 atom stereocenters. The van der Waals surface area contributed by atoms with Crippen molar-refractivity contribution < 1.29 is 33.5 Å². The number of ether oxygens (including phenoxy) is 2. The Morgan fingerprint density at radius 1 is 1.32 bits per heavy atom. The fraction of sp³-hybridized carbons (Fsp3) is 0.500. The molecule has 38 heavy (non-hydrogen) atoms. The van der Waals surface area contributed by atoms with Gasteiger partial charge in [-0.05, 0) is 32.8 Å². The molecule has 0 radical (unpaired) electrons. The van der Waals surface area contributed by atoms with Crippen molar-refractivity contribution in [3.8, 4) is 0 Å². The molecule has 0 unspecified atom stereocenters. The van der Waals surface area contributed by atoms with Gasteiger partial charge in [0.15, 0.2) is 10.8 Å². The van der Waals surface area contributed by atoms with E-state index < -0.39 is 47.4 Å². The maximum Gasteiger partial charge on any atom is 0.358 e. The van der Waals surface area contributed by atoms with Crippen molar-refractivity contribution in [1.82, 2.24) is 15.2 Å². The minimum atomic E-state index is -0.923. The van der Waals surface area contributed by atoms with Crippen molar-refractivity contribution in [1.29, 1.82) is 0 Å². The van der Waals surface area contributed by atoms with Crippen molar-refractivity contribution in [3.05, 3.63) is 34.5 Å². The lowest BCUT2D eigenvalue weighted by atomic mass is 9.98. The van der Waals surface area contributed by atoms with Gasteiger partial charge in [-0.2, -0.15) is 0 Å². The molecule has 1 aromatic heterocycles. The Hall–Kier alpha value is -3.39. The molecule has 14 heteroatoms. The monoisotopic (exact) mass is 565 g/mol. The maximum absolute atomic E-state index is 13.2. The predicted octanol–water partition coefficient (Wildman–Crippen LogP) is 2.18. The van der Waals surface area contributed by atoms with Crippen LogP contribution in [0.15, 0.2) is 34.0 Å². The number of allylic oxidation sites excluding steroid dienone is 2. The van der Waals surface area contributed by atoms with Gasteiger partial charge in [-0.15, -0.1) is 23.1 Å². The molecule has 1 fully saturated rings. The summed E-state index contributed by atoms with van der Waals surface area (Å²) in [6, 6.07) is -0.923. The molecule has 3 N–H and O–H groups in total. The number of rotatable bonds is 10. The molecular formula is C24H31N5O7S2. The molecule has 3 heterocycles. The zero-order valence-electron chi connectivity index (χ0n) is 21.8. The highest BCUT2D eigenvalue weighted by molar-refractivity contribution is 8.00. The summed E-state index contributed by atoms with van der Waals surface area (Å²) in [5.41, 5.74) is 5.64. The zero-order valence-corrected chi connectivity index (χ0v) is 23.4. The van der Waals surface area contributed by atoms with E-state index >= 15 is 0 Å².